The van der Waals surface area contributed by atoms with Crippen LogP contribution in [0.4, 0.5) is 0 Å². The van der Waals surface area contributed by atoms with Crippen LogP contribution in [0.1, 0.15) is 30.1 Å². The van der Waals surface area contributed by atoms with Gasteiger partial charge in [-0.15, -0.1) is 0 Å². The lowest BCUT2D eigenvalue weighted by atomic mass is 9.49. The molecule has 0 saturated carbocycles. The molecule has 2 aromatic rings. The Balaban J connectivity index is 2.05. The molecule has 0 aliphatic carbocycles. The highest BCUT2D eigenvalue weighted by Gasteiger charge is 2.79. The van der Waals surface area contributed by atoms with E-state index in [2.05, 4.69) is 18.2 Å². The molecule has 0 amide bonds. The number of fused-ring (bicyclic) bond motifs is 3. The molecule has 0 radical (unpaired) electrons. The molecule has 0 unspecified atom stereocenters. The summed E-state index contributed by atoms with van der Waals surface area (Å²) in [6.45, 7) is 1.62. The summed E-state index contributed by atoms with van der Waals surface area (Å²) in [5.74, 6) is -2.74. The van der Waals surface area contributed by atoms with Gasteiger partial charge in [-0.1, -0.05) is 60.7 Å². The third-order valence-corrected chi connectivity index (χ3v) is 5.75. The molecule has 6 nitrogen and oxygen atoms in total. The Morgan fingerprint density at radius 2 is 1.39 bits per heavy atom. The quantitative estimate of drug-likeness (QED) is 0.866. The maximum absolute atomic E-state index is 10.3. The highest BCUT2D eigenvalue weighted by molar-refractivity contribution is 5.89. The topological polar surface area (TPSA) is 114 Å². The molecule has 28 heavy (non-hydrogen) atoms. The first-order chi connectivity index (χ1) is 13.5. The SMILES string of the molecule is C[C@@]12OC(=N)[C@@](C#N)([C@@H](c3ccccc3)O1)C(C#N)(C#N)[C@H]2c1ccccc1. The number of benzene rings is 2. The Hall–Kier alpha value is -3.66. The summed E-state index contributed by atoms with van der Waals surface area (Å²) in [5.41, 5.74) is -2.52. The summed E-state index contributed by atoms with van der Waals surface area (Å²) < 4.78 is 12.0. The Morgan fingerprint density at radius 3 is 1.89 bits per heavy atom. The van der Waals surface area contributed by atoms with Crippen molar-refractivity contribution in [1.29, 1.82) is 21.2 Å². The average Bonchev–Trinajstić information content (AvgIpc) is 2.73. The molecule has 2 bridgehead atoms. The molecular weight excluding hydrogens is 352 g/mol. The van der Waals surface area contributed by atoms with Gasteiger partial charge in [-0.25, -0.2) is 0 Å². The van der Waals surface area contributed by atoms with E-state index >= 15 is 0 Å². The summed E-state index contributed by atoms with van der Waals surface area (Å²) in [6, 6.07) is 24.2. The largest absolute Gasteiger partial charge is 0.447 e. The number of rotatable bonds is 2. The standard InChI is InChI=1S/C22H16N4O2/c1-20-17(15-8-4-2-5-9-15)21(12-23,13-24)22(14-25,19(26)28-20)18(27-20)16-10-6-3-7-11-16/h2-11,17-18,26H,1H3/t17-,18+,20-,22+/m0/s1. The van der Waals surface area contributed by atoms with Gasteiger partial charge in [0.05, 0.1) is 24.1 Å². The molecule has 5 rings (SSSR count). The first-order valence-corrected chi connectivity index (χ1v) is 8.78. The molecule has 0 aromatic heterocycles. The third kappa shape index (κ3) is 1.94. The van der Waals surface area contributed by atoms with Gasteiger partial charge in [-0.05, 0) is 11.1 Å². The van der Waals surface area contributed by atoms with Crippen LogP contribution < -0.4 is 0 Å². The van der Waals surface area contributed by atoms with E-state index in [1.54, 1.807) is 55.5 Å². The summed E-state index contributed by atoms with van der Waals surface area (Å²) in [6.07, 6.45) is -0.982. The molecule has 6 heteroatoms. The van der Waals surface area contributed by atoms with E-state index in [0.29, 0.717) is 11.1 Å². The van der Waals surface area contributed by atoms with Gasteiger partial charge in [0, 0.05) is 6.92 Å². The van der Waals surface area contributed by atoms with Crippen molar-refractivity contribution in [2.45, 2.75) is 24.7 Å². The average molecular weight is 368 g/mol. The second-order valence-corrected chi connectivity index (χ2v) is 7.15. The van der Waals surface area contributed by atoms with Crippen LogP contribution in [0, 0.1) is 50.2 Å². The van der Waals surface area contributed by atoms with E-state index in [-0.39, 0.29) is 0 Å². The van der Waals surface area contributed by atoms with Gasteiger partial charge in [0.25, 0.3) is 0 Å². The van der Waals surface area contributed by atoms with Gasteiger partial charge >= 0.3 is 0 Å². The van der Waals surface area contributed by atoms with E-state index in [1.807, 2.05) is 12.1 Å². The van der Waals surface area contributed by atoms with Crippen molar-refractivity contribution >= 4 is 5.90 Å². The van der Waals surface area contributed by atoms with Crippen molar-refractivity contribution in [3.63, 3.8) is 0 Å². The fourth-order valence-electron chi connectivity index (χ4n) is 4.55. The minimum atomic E-state index is -1.91. The lowest BCUT2D eigenvalue weighted by Crippen LogP contribution is -2.70. The Bertz CT molecular complexity index is 1050. The van der Waals surface area contributed by atoms with E-state index in [1.165, 1.54) is 0 Å². The van der Waals surface area contributed by atoms with Crippen LogP contribution in [0.5, 0.6) is 0 Å². The van der Waals surface area contributed by atoms with Gasteiger partial charge in [-0.3, -0.25) is 5.41 Å². The molecule has 0 spiro atoms. The molecule has 136 valence electrons. The molecule has 1 N–H and O–H groups in total. The molecule has 4 atom stereocenters. The van der Waals surface area contributed by atoms with Crippen molar-refractivity contribution in [1.82, 2.24) is 0 Å². The minimum Gasteiger partial charge on any atom is -0.447 e. The third-order valence-electron chi connectivity index (χ3n) is 5.75. The van der Waals surface area contributed by atoms with Crippen LogP contribution in [0.3, 0.4) is 0 Å². The second-order valence-electron chi connectivity index (χ2n) is 7.15. The van der Waals surface area contributed by atoms with Crippen LogP contribution in [0.15, 0.2) is 60.7 Å². The molecule has 3 aliphatic rings. The maximum Gasteiger partial charge on any atom is 0.219 e. The van der Waals surface area contributed by atoms with Gasteiger partial charge in [0.2, 0.25) is 11.7 Å². The highest BCUT2D eigenvalue weighted by atomic mass is 16.7. The molecule has 3 fully saturated rings. The summed E-state index contributed by atoms with van der Waals surface area (Å²) in [4.78, 5) is 0. The fourth-order valence-corrected chi connectivity index (χ4v) is 4.55. The van der Waals surface area contributed by atoms with Crippen LogP contribution in [-0.2, 0) is 9.47 Å². The predicted molar refractivity (Wildman–Crippen MR) is 98.4 cm³/mol. The Morgan fingerprint density at radius 1 is 0.857 bits per heavy atom. The number of nitriles is 3. The van der Waals surface area contributed by atoms with Gasteiger partial charge in [-0.2, -0.15) is 15.8 Å². The number of nitrogens with zero attached hydrogens (tertiary/aromatic N) is 3. The van der Waals surface area contributed by atoms with Crippen LogP contribution in [0.2, 0.25) is 0 Å². The number of hydrogen-bond acceptors (Lipinski definition) is 6. The zero-order valence-electron chi connectivity index (χ0n) is 15.1. The van der Waals surface area contributed by atoms with E-state index in [9.17, 15) is 15.8 Å². The smallest absolute Gasteiger partial charge is 0.219 e. The van der Waals surface area contributed by atoms with Crippen LogP contribution >= 0.6 is 0 Å². The molecule has 3 saturated heterocycles. The molecular formula is C22H16N4O2. The van der Waals surface area contributed by atoms with Crippen LogP contribution in [-0.4, -0.2) is 11.7 Å². The molecule has 2 aromatic carbocycles. The van der Waals surface area contributed by atoms with Gasteiger partial charge < -0.3 is 9.47 Å². The zero-order chi connectivity index (χ0) is 20.0. The molecule has 3 aliphatic heterocycles. The normalized spacial score (nSPS) is 32.4. The van der Waals surface area contributed by atoms with Crippen LogP contribution in [0.25, 0.3) is 0 Å². The lowest BCUT2D eigenvalue weighted by molar-refractivity contribution is -0.323. The number of nitrogens with one attached hydrogen (secondary N) is 1. The predicted octanol–water partition coefficient (Wildman–Crippen LogP) is 3.81. The molecule has 3 heterocycles. The number of ether oxygens (including phenoxy) is 2. The first kappa shape index (κ1) is 17.7. The highest BCUT2D eigenvalue weighted by Crippen LogP contribution is 2.69. The van der Waals surface area contributed by atoms with Gasteiger partial charge in [0.15, 0.2) is 10.8 Å². The summed E-state index contributed by atoms with van der Waals surface area (Å²) in [7, 11) is 0. The first-order valence-electron chi connectivity index (χ1n) is 8.78. The number of hydrogen-bond donors (Lipinski definition) is 1. The van der Waals surface area contributed by atoms with Gasteiger partial charge in [0.1, 0.15) is 6.10 Å². The minimum absolute atomic E-state index is 0.409. The van der Waals surface area contributed by atoms with Crippen molar-refractivity contribution in [3.05, 3.63) is 71.8 Å². The summed E-state index contributed by atoms with van der Waals surface area (Å²) >= 11 is 0. The summed E-state index contributed by atoms with van der Waals surface area (Å²) in [5, 5.41) is 39.3. The van der Waals surface area contributed by atoms with Crippen molar-refractivity contribution < 1.29 is 9.47 Å². The van der Waals surface area contributed by atoms with E-state index in [0.717, 1.165) is 0 Å². The maximum atomic E-state index is 10.3. The van der Waals surface area contributed by atoms with Crippen molar-refractivity contribution in [3.8, 4) is 18.2 Å². The Kier molecular flexibility index (Phi) is 3.75. The lowest BCUT2D eigenvalue weighted by Gasteiger charge is -2.61. The van der Waals surface area contributed by atoms with Crippen molar-refractivity contribution in [2.75, 3.05) is 0 Å². The monoisotopic (exact) mass is 368 g/mol. The van der Waals surface area contributed by atoms with E-state index in [4.69, 9.17) is 14.9 Å². The van der Waals surface area contributed by atoms with E-state index < -0.39 is 34.5 Å². The zero-order valence-corrected chi connectivity index (χ0v) is 15.1. The second kappa shape index (κ2) is 5.92. The van der Waals surface area contributed by atoms with Crippen molar-refractivity contribution in [2.24, 2.45) is 10.8 Å². The fraction of sp³-hybridized carbons (Fsp3) is 0.273. The Labute approximate surface area is 162 Å².